The van der Waals surface area contributed by atoms with Crippen molar-refractivity contribution < 1.29 is 14.3 Å². The second-order valence-corrected chi connectivity index (χ2v) is 11.2. The van der Waals surface area contributed by atoms with E-state index in [1.807, 2.05) is 24.3 Å². The predicted octanol–water partition coefficient (Wildman–Crippen LogP) is 5.60. The van der Waals surface area contributed by atoms with E-state index in [4.69, 9.17) is 9.47 Å². The van der Waals surface area contributed by atoms with Crippen LogP contribution in [0.3, 0.4) is 0 Å². The Bertz CT molecular complexity index is 1080. The SMILES string of the molecule is CN1C2CCCC1(Oc1ccc3c(c1)C(=O)c1cc(OC45CCCC(CC4)N5C)ccc1-3)CC2. The third kappa shape index (κ3) is 2.89. The molecule has 0 radical (unpaired) electrons. The van der Waals surface area contributed by atoms with Crippen LogP contribution >= 0.6 is 0 Å². The lowest BCUT2D eigenvalue weighted by Crippen LogP contribution is -2.51. The van der Waals surface area contributed by atoms with Crippen LogP contribution in [0.4, 0.5) is 0 Å². The first kappa shape index (κ1) is 21.0. The number of ketones is 1. The normalized spacial score (nSPS) is 34.2. The van der Waals surface area contributed by atoms with Gasteiger partial charge in [-0.2, -0.15) is 0 Å². The Balaban J connectivity index is 1.16. The Kier molecular flexibility index (Phi) is 4.51. The molecule has 4 fully saturated rings. The van der Waals surface area contributed by atoms with Crippen molar-refractivity contribution >= 4 is 5.78 Å². The van der Waals surface area contributed by atoms with E-state index >= 15 is 0 Å². The van der Waals surface area contributed by atoms with Gasteiger partial charge in [0.05, 0.1) is 0 Å². The smallest absolute Gasteiger partial charge is 0.194 e. The molecule has 2 aromatic carbocycles. The van der Waals surface area contributed by atoms with Crippen LogP contribution in [0.1, 0.15) is 80.1 Å². The van der Waals surface area contributed by atoms with Gasteiger partial charge in [-0.05, 0) is 100 Å². The van der Waals surface area contributed by atoms with Crippen LogP contribution in [-0.2, 0) is 0 Å². The van der Waals surface area contributed by atoms with E-state index in [9.17, 15) is 4.79 Å². The second kappa shape index (κ2) is 7.32. The molecule has 0 spiro atoms. The van der Waals surface area contributed by atoms with Crippen LogP contribution in [-0.4, -0.2) is 53.2 Å². The van der Waals surface area contributed by atoms with Crippen LogP contribution in [0.15, 0.2) is 36.4 Å². The standard InChI is InChI=1S/C29H34N2O3/c1-30-19-5-3-13-28(30,15-11-19)33-21-7-9-23-24-10-8-22(18-26(24)27(32)25(23)17-21)34-29-14-4-6-20(12-16-29)31(29)2/h7-10,17-20H,3-6,11-16H2,1-2H3. The third-order valence-corrected chi connectivity index (χ3v) is 9.70. The first-order valence-corrected chi connectivity index (χ1v) is 13.2. The number of carbonyl (C=O) groups is 1. The first-order chi connectivity index (χ1) is 16.5. The van der Waals surface area contributed by atoms with Crippen LogP contribution < -0.4 is 9.47 Å². The predicted molar refractivity (Wildman–Crippen MR) is 131 cm³/mol. The van der Waals surface area contributed by atoms with Crippen molar-refractivity contribution in [2.24, 2.45) is 0 Å². The molecule has 0 amide bonds. The number of fused-ring (bicyclic) bond motifs is 7. The molecule has 5 aliphatic rings. The molecule has 2 aromatic rings. The lowest BCUT2D eigenvalue weighted by Gasteiger charge is -2.42. The number of ether oxygens (including phenoxy) is 2. The Morgan fingerprint density at radius 2 is 1.15 bits per heavy atom. The molecule has 0 saturated carbocycles. The molecule has 7 rings (SSSR count). The van der Waals surface area contributed by atoms with Gasteiger partial charge in [0, 0.05) is 48.9 Å². The van der Waals surface area contributed by atoms with E-state index in [1.165, 1.54) is 38.5 Å². The average molecular weight is 459 g/mol. The topological polar surface area (TPSA) is 42.0 Å². The van der Waals surface area contributed by atoms with Crippen molar-refractivity contribution in [2.45, 2.75) is 87.7 Å². The highest BCUT2D eigenvalue weighted by molar-refractivity contribution is 6.22. The van der Waals surface area contributed by atoms with E-state index in [2.05, 4.69) is 36.0 Å². The molecule has 178 valence electrons. The number of nitrogens with zero attached hydrogens (tertiary/aromatic N) is 2. The summed E-state index contributed by atoms with van der Waals surface area (Å²) in [6, 6.07) is 13.4. The van der Waals surface area contributed by atoms with Crippen molar-refractivity contribution in [1.29, 1.82) is 0 Å². The lowest BCUT2D eigenvalue weighted by atomic mass is 10.00. The summed E-state index contributed by atoms with van der Waals surface area (Å²) in [6.45, 7) is 0. The van der Waals surface area contributed by atoms with Crippen molar-refractivity contribution in [3.63, 3.8) is 0 Å². The highest BCUT2D eigenvalue weighted by atomic mass is 16.5. The minimum Gasteiger partial charge on any atom is -0.473 e. The number of rotatable bonds is 4. The molecular weight excluding hydrogens is 424 g/mol. The minimum absolute atomic E-state index is 0.0819. The molecule has 5 nitrogen and oxygen atoms in total. The summed E-state index contributed by atoms with van der Waals surface area (Å²) in [5, 5.41) is 0. The summed E-state index contributed by atoms with van der Waals surface area (Å²) in [5.74, 6) is 1.70. The van der Waals surface area contributed by atoms with Gasteiger partial charge in [0.1, 0.15) is 11.5 Å². The van der Waals surface area contributed by atoms with Crippen LogP contribution in [0.5, 0.6) is 11.5 Å². The molecule has 1 aliphatic carbocycles. The second-order valence-electron chi connectivity index (χ2n) is 11.2. The van der Waals surface area contributed by atoms with Gasteiger partial charge in [-0.15, -0.1) is 0 Å². The molecule has 4 aliphatic heterocycles. The molecule has 5 heteroatoms. The summed E-state index contributed by atoms with van der Waals surface area (Å²) in [4.78, 5) is 18.3. The summed E-state index contributed by atoms with van der Waals surface area (Å²) in [7, 11) is 4.39. The lowest BCUT2D eigenvalue weighted by molar-refractivity contribution is -0.0825. The maximum atomic E-state index is 13.5. The van der Waals surface area contributed by atoms with E-state index in [0.29, 0.717) is 12.1 Å². The van der Waals surface area contributed by atoms with Gasteiger partial charge in [0.25, 0.3) is 0 Å². The summed E-state index contributed by atoms with van der Waals surface area (Å²) in [6.07, 6.45) is 11.6. The van der Waals surface area contributed by atoms with Crippen LogP contribution in [0.25, 0.3) is 11.1 Å². The molecule has 4 bridgehead atoms. The van der Waals surface area contributed by atoms with Crippen molar-refractivity contribution in [1.82, 2.24) is 9.80 Å². The molecule has 34 heavy (non-hydrogen) atoms. The van der Waals surface area contributed by atoms with Gasteiger partial charge in [-0.1, -0.05) is 0 Å². The Hall–Kier alpha value is -2.37. The molecule has 4 saturated heterocycles. The molecule has 0 N–H and O–H groups in total. The maximum Gasteiger partial charge on any atom is 0.194 e. The Morgan fingerprint density at radius 1 is 0.676 bits per heavy atom. The van der Waals surface area contributed by atoms with E-state index < -0.39 is 0 Å². The van der Waals surface area contributed by atoms with Crippen molar-refractivity contribution in [2.75, 3.05) is 14.1 Å². The highest BCUT2D eigenvalue weighted by Crippen LogP contribution is 2.47. The van der Waals surface area contributed by atoms with Crippen LogP contribution in [0, 0.1) is 0 Å². The zero-order valence-electron chi connectivity index (χ0n) is 20.3. The van der Waals surface area contributed by atoms with Gasteiger partial charge < -0.3 is 9.47 Å². The average Bonchev–Trinajstić information content (AvgIpc) is 3.24. The van der Waals surface area contributed by atoms with Gasteiger partial charge in [-0.25, -0.2) is 0 Å². The zero-order valence-corrected chi connectivity index (χ0v) is 20.3. The fraction of sp³-hybridized carbons (Fsp3) is 0.552. The summed E-state index contributed by atoms with van der Waals surface area (Å²) < 4.78 is 13.3. The van der Waals surface area contributed by atoms with E-state index in [0.717, 1.165) is 59.4 Å². The van der Waals surface area contributed by atoms with Gasteiger partial charge in [0.15, 0.2) is 17.2 Å². The summed E-state index contributed by atoms with van der Waals surface area (Å²) >= 11 is 0. The van der Waals surface area contributed by atoms with Crippen molar-refractivity contribution in [3.05, 3.63) is 47.5 Å². The van der Waals surface area contributed by atoms with E-state index in [1.54, 1.807) is 0 Å². The molecule has 0 aromatic heterocycles. The number of carbonyl (C=O) groups excluding carboxylic acids is 1. The van der Waals surface area contributed by atoms with Gasteiger partial charge in [-0.3, -0.25) is 14.6 Å². The number of benzene rings is 2. The number of hydrogen-bond acceptors (Lipinski definition) is 5. The minimum atomic E-state index is -0.211. The summed E-state index contributed by atoms with van der Waals surface area (Å²) in [5.41, 5.74) is 3.10. The largest absolute Gasteiger partial charge is 0.473 e. The highest BCUT2D eigenvalue weighted by Gasteiger charge is 2.50. The molecular formula is C29H34N2O3. The van der Waals surface area contributed by atoms with E-state index in [-0.39, 0.29) is 17.2 Å². The fourth-order valence-corrected chi connectivity index (χ4v) is 7.65. The molecule has 4 atom stereocenters. The molecule has 4 heterocycles. The van der Waals surface area contributed by atoms with Crippen molar-refractivity contribution in [3.8, 4) is 22.6 Å². The number of piperidine rings is 2. The van der Waals surface area contributed by atoms with Crippen LogP contribution in [0.2, 0.25) is 0 Å². The maximum absolute atomic E-state index is 13.5. The molecule has 4 unspecified atom stereocenters. The third-order valence-electron chi connectivity index (χ3n) is 9.70. The first-order valence-electron chi connectivity index (χ1n) is 13.2. The number of hydrogen-bond donors (Lipinski definition) is 0. The Labute approximate surface area is 202 Å². The van der Waals surface area contributed by atoms with Gasteiger partial charge >= 0.3 is 0 Å². The quantitative estimate of drug-likeness (QED) is 0.509. The zero-order chi connectivity index (χ0) is 23.1. The fourth-order valence-electron chi connectivity index (χ4n) is 7.65. The Morgan fingerprint density at radius 3 is 1.62 bits per heavy atom. The monoisotopic (exact) mass is 458 g/mol. The van der Waals surface area contributed by atoms with Gasteiger partial charge in [0.2, 0.25) is 0 Å².